The van der Waals surface area contributed by atoms with Crippen molar-refractivity contribution >= 4 is 26.8 Å². The summed E-state index contributed by atoms with van der Waals surface area (Å²) in [5, 5.41) is 0.991. The van der Waals surface area contributed by atoms with Crippen molar-refractivity contribution in [1.29, 1.82) is 0 Å². The maximum atomic E-state index is 13.1. The number of aromatic nitrogens is 1. The van der Waals surface area contributed by atoms with Gasteiger partial charge in [-0.1, -0.05) is 30.3 Å². The molecule has 2 aliphatic rings. The number of sulfonamides is 1. The molecule has 8 heteroatoms. The standard InChI is InChI=1S/C29H38N4O3S/c1-20-9-10-21(2)33(20)13-6-16-37(35,36)32-14-11-23(12-15-32)27-19-31-28-25(27)17-24(18-26(28)29(30)34)22-7-4-3-5-8-22/h3-5,7-8,17-21,23,31H,6,9-16H2,1-2H3,(H2,30,34)/t20-,21-/m1/s1. The van der Waals surface area contributed by atoms with Crippen LogP contribution >= 0.6 is 0 Å². The van der Waals surface area contributed by atoms with Gasteiger partial charge in [0.15, 0.2) is 0 Å². The Kier molecular flexibility index (Phi) is 7.43. The molecular weight excluding hydrogens is 484 g/mol. The topological polar surface area (TPSA) is 99.5 Å². The van der Waals surface area contributed by atoms with Crippen LogP contribution in [0, 0.1) is 0 Å². The number of piperidine rings is 1. The van der Waals surface area contributed by atoms with E-state index in [2.05, 4.69) is 29.8 Å². The van der Waals surface area contributed by atoms with Crippen molar-refractivity contribution in [2.75, 3.05) is 25.4 Å². The van der Waals surface area contributed by atoms with Crippen molar-refractivity contribution in [3.63, 3.8) is 0 Å². The van der Waals surface area contributed by atoms with E-state index in [4.69, 9.17) is 5.73 Å². The summed E-state index contributed by atoms with van der Waals surface area (Å²) in [5.41, 5.74) is 10.1. The summed E-state index contributed by atoms with van der Waals surface area (Å²) >= 11 is 0. The van der Waals surface area contributed by atoms with Gasteiger partial charge in [0.2, 0.25) is 10.0 Å². The summed E-state index contributed by atoms with van der Waals surface area (Å²) in [6.45, 7) is 6.37. The monoisotopic (exact) mass is 522 g/mol. The Balaban J connectivity index is 1.29. The van der Waals surface area contributed by atoms with E-state index >= 15 is 0 Å². The van der Waals surface area contributed by atoms with Gasteiger partial charge in [-0.15, -0.1) is 0 Å². The minimum absolute atomic E-state index is 0.211. The Bertz CT molecular complexity index is 1350. The van der Waals surface area contributed by atoms with Crippen LogP contribution < -0.4 is 5.73 Å². The van der Waals surface area contributed by atoms with E-state index in [0.717, 1.165) is 47.0 Å². The molecule has 2 fully saturated rings. The molecule has 3 aromatic rings. The Morgan fingerprint density at radius 1 is 1.00 bits per heavy atom. The maximum Gasteiger partial charge on any atom is 0.250 e. The Labute approximate surface area is 220 Å². The minimum atomic E-state index is -3.27. The molecule has 1 aromatic heterocycles. The molecule has 0 saturated carbocycles. The lowest BCUT2D eigenvalue weighted by molar-refractivity contribution is 0.100. The highest BCUT2D eigenvalue weighted by molar-refractivity contribution is 7.89. The van der Waals surface area contributed by atoms with Crippen LogP contribution in [-0.4, -0.2) is 66.0 Å². The molecule has 3 heterocycles. The van der Waals surface area contributed by atoms with Crippen LogP contribution in [0.3, 0.4) is 0 Å². The molecule has 0 bridgehead atoms. The molecule has 5 rings (SSSR count). The van der Waals surface area contributed by atoms with Crippen LogP contribution in [0.1, 0.15) is 67.8 Å². The molecule has 198 valence electrons. The summed E-state index contributed by atoms with van der Waals surface area (Å²) < 4.78 is 27.9. The highest BCUT2D eigenvalue weighted by Gasteiger charge is 2.31. The number of nitrogens with one attached hydrogen (secondary N) is 1. The Morgan fingerprint density at radius 3 is 2.32 bits per heavy atom. The fraction of sp³-hybridized carbons (Fsp3) is 0.483. The number of aromatic amines is 1. The zero-order valence-corrected chi connectivity index (χ0v) is 22.6. The van der Waals surface area contributed by atoms with Crippen molar-refractivity contribution in [1.82, 2.24) is 14.2 Å². The highest BCUT2D eigenvalue weighted by Crippen LogP contribution is 2.37. The first-order chi connectivity index (χ1) is 17.7. The Morgan fingerprint density at radius 2 is 1.68 bits per heavy atom. The zero-order valence-electron chi connectivity index (χ0n) is 21.8. The van der Waals surface area contributed by atoms with Crippen LogP contribution in [0.5, 0.6) is 0 Å². The summed E-state index contributed by atoms with van der Waals surface area (Å²) in [4.78, 5) is 18.0. The van der Waals surface area contributed by atoms with E-state index in [0.29, 0.717) is 37.2 Å². The molecule has 0 radical (unpaired) electrons. The van der Waals surface area contributed by atoms with E-state index < -0.39 is 15.9 Å². The molecule has 2 aliphatic heterocycles. The second kappa shape index (κ2) is 10.6. The van der Waals surface area contributed by atoms with Crippen LogP contribution in [0.25, 0.3) is 22.0 Å². The number of rotatable bonds is 8. The molecule has 3 N–H and O–H groups in total. The van der Waals surface area contributed by atoms with Gasteiger partial charge in [-0.05, 0) is 87.2 Å². The van der Waals surface area contributed by atoms with Crippen LogP contribution in [0.4, 0.5) is 0 Å². The maximum absolute atomic E-state index is 13.1. The van der Waals surface area contributed by atoms with Crippen molar-refractivity contribution in [2.24, 2.45) is 5.73 Å². The number of primary amides is 1. The smallest absolute Gasteiger partial charge is 0.250 e. The van der Waals surface area contributed by atoms with Crippen molar-refractivity contribution in [2.45, 2.75) is 64.0 Å². The molecule has 0 aliphatic carbocycles. The highest BCUT2D eigenvalue weighted by atomic mass is 32.2. The lowest BCUT2D eigenvalue weighted by atomic mass is 9.88. The van der Waals surface area contributed by atoms with Gasteiger partial charge in [-0.25, -0.2) is 12.7 Å². The summed E-state index contributed by atoms with van der Waals surface area (Å²) in [5.74, 6) is -0.0311. The second-order valence-corrected chi connectivity index (χ2v) is 12.9. The predicted molar refractivity (Wildman–Crippen MR) is 149 cm³/mol. The predicted octanol–water partition coefficient (Wildman–Crippen LogP) is 4.71. The number of carbonyl (C=O) groups excluding carboxylic acids is 1. The van der Waals surface area contributed by atoms with Gasteiger partial charge >= 0.3 is 0 Å². The quantitative estimate of drug-likeness (QED) is 0.448. The minimum Gasteiger partial charge on any atom is -0.366 e. The molecule has 2 atom stereocenters. The van der Waals surface area contributed by atoms with Gasteiger partial charge in [0.05, 0.1) is 16.8 Å². The number of nitrogens with two attached hydrogens (primary N) is 1. The largest absolute Gasteiger partial charge is 0.366 e. The van der Waals surface area contributed by atoms with Gasteiger partial charge in [0, 0.05) is 36.8 Å². The number of amides is 1. The molecule has 1 amide bonds. The van der Waals surface area contributed by atoms with Crippen LogP contribution in [-0.2, 0) is 10.0 Å². The van der Waals surface area contributed by atoms with E-state index in [-0.39, 0.29) is 11.7 Å². The first kappa shape index (κ1) is 25.9. The molecular formula is C29H38N4O3S. The molecule has 2 aromatic carbocycles. The van der Waals surface area contributed by atoms with Crippen molar-refractivity contribution in [3.8, 4) is 11.1 Å². The summed E-state index contributed by atoms with van der Waals surface area (Å²) in [6, 6.07) is 15.0. The number of hydrogen-bond acceptors (Lipinski definition) is 4. The Hall–Kier alpha value is -2.68. The van der Waals surface area contributed by atoms with Crippen LogP contribution in [0.2, 0.25) is 0 Å². The van der Waals surface area contributed by atoms with E-state index in [9.17, 15) is 13.2 Å². The number of nitrogens with zero attached hydrogens (tertiary/aromatic N) is 2. The number of carbonyl (C=O) groups is 1. The third kappa shape index (κ3) is 5.33. The van der Waals surface area contributed by atoms with Crippen LogP contribution in [0.15, 0.2) is 48.7 Å². The number of likely N-dealkylation sites (tertiary alicyclic amines) is 1. The number of benzene rings is 2. The van der Waals surface area contributed by atoms with Gasteiger partial charge < -0.3 is 10.7 Å². The summed E-state index contributed by atoms with van der Waals surface area (Å²) in [6.07, 6.45) is 6.56. The first-order valence-electron chi connectivity index (χ1n) is 13.5. The fourth-order valence-electron chi connectivity index (χ4n) is 6.28. The van der Waals surface area contributed by atoms with Gasteiger partial charge in [0.1, 0.15) is 0 Å². The normalized spacial score (nSPS) is 22.1. The average molecular weight is 523 g/mol. The van der Waals surface area contributed by atoms with Gasteiger partial charge in [-0.3, -0.25) is 9.69 Å². The fourth-order valence-corrected chi connectivity index (χ4v) is 7.79. The average Bonchev–Trinajstić information content (AvgIpc) is 3.47. The third-order valence-electron chi connectivity index (χ3n) is 8.43. The zero-order chi connectivity index (χ0) is 26.2. The van der Waals surface area contributed by atoms with E-state index in [1.165, 1.54) is 12.8 Å². The van der Waals surface area contributed by atoms with Crippen molar-refractivity contribution in [3.05, 3.63) is 59.8 Å². The lowest BCUT2D eigenvalue weighted by Gasteiger charge is -2.32. The molecule has 0 spiro atoms. The van der Waals surface area contributed by atoms with E-state index in [1.807, 2.05) is 42.6 Å². The van der Waals surface area contributed by atoms with Crippen molar-refractivity contribution < 1.29 is 13.2 Å². The molecule has 37 heavy (non-hydrogen) atoms. The molecule has 7 nitrogen and oxygen atoms in total. The number of H-pyrrole nitrogens is 1. The van der Waals surface area contributed by atoms with E-state index in [1.54, 1.807) is 4.31 Å². The number of fused-ring (bicyclic) bond motifs is 1. The van der Waals surface area contributed by atoms with Gasteiger partial charge in [-0.2, -0.15) is 0 Å². The first-order valence-corrected chi connectivity index (χ1v) is 15.1. The van der Waals surface area contributed by atoms with Gasteiger partial charge in [0.25, 0.3) is 5.91 Å². The lowest BCUT2D eigenvalue weighted by Crippen LogP contribution is -2.40. The molecule has 2 saturated heterocycles. The second-order valence-electron chi connectivity index (χ2n) is 10.8. The summed E-state index contributed by atoms with van der Waals surface area (Å²) in [7, 11) is -3.27. The third-order valence-corrected chi connectivity index (χ3v) is 10.4. The number of hydrogen-bond donors (Lipinski definition) is 2. The SMILES string of the molecule is C[C@@H]1CC[C@@H](C)N1CCCS(=O)(=O)N1CCC(c2c[nH]c3c(C(N)=O)cc(-c4ccccc4)cc23)CC1. The molecule has 0 unspecified atom stereocenters.